The Kier molecular flexibility index (Phi) is 5.60. The van der Waals surface area contributed by atoms with Gasteiger partial charge in [-0.05, 0) is 38.1 Å². The summed E-state index contributed by atoms with van der Waals surface area (Å²) in [7, 11) is 1.63. The van der Waals surface area contributed by atoms with Crippen molar-refractivity contribution in [3.05, 3.63) is 30.6 Å². The number of carbonyl (C=O) groups excluding carboxylic acids is 1. The number of carbonyl (C=O) groups is 1. The van der Waals surface area contributed by atoms with Crippen LogP contribution in [0, 0.1) is 0 Å². The Bertz CT molecular complexity index is 709. The summed E-state index contributed by atoms with van der Waals surface area (Å²) in [5.74, 6) is 1.21. The number of morpholine rings is 1. The first-order chi connectivity index (χ1) is 12.1. The van der Waals surface area contributed by atoms with Crippen LogP contribution in [0.3, 0.4) is 0 Å². The van der Waals surface area contributed by atoms with E-state index in [9.17, 15) is 4.79 Å². The van der Waals surface area contributed by atoms with Crippen LogP contribution in [0.2, 0.25) is 0 Å². The van der Waals surface area contributed by atoms with E-state index in [1.54, 1.807) is 13.4 Å². The number of ether oxygens (including phenoxy) is 2. The predicted molar refractivity (Wildman–Crippen MR) is 95.2 cm³/mol. The molecular formula is C17H22N4O3S. The number of rotatable bonds is 5. The number of hydrogen-bond donors (Lipinski definition) is 0. The minimum absolute atomic E-state index is 0.0700. The smallest absolute Gasteiger partial charge is 0.233 e. The van der Waals surface area contributed by atoms with Crippen molar-refractivity contribution in [2.45, 2.75) is 31.2 Å². The summed E-state index contributed by atoms with van der Waals surface area (Å²) in [4.78, 5) is 14.4. The van der Waals surface area contributed by atoms with Crippen molar-refractivity contribution < 1.29 is 14.3 Å². The number of benzene rings is 1. The molecule has 1 aliphatic heterocycles. The van der Waals surface area contributed by atoms with Gasteiger partial charge in [-0.15, -0.1) is 10.2 Å². The minimum atomic E-state index is 0.0700. The molecule has 8 heteroatoms. The van der Waals surface area contributed by atoms with Gasteiger partial charge >= 0.3 is 0 Å². The third-order valence-corrected chi connectivity index (χ3v) is 4.89. The van der Waals surface area contributed by atoms with Gasteiger partial charge in [-0.25, -0.2) is 0 Å². The highest BCUT2D eigenvalue weighted by Crippen LogP contribution is 2.22. The standard InChI is InChI=1S/C17H22N4O3S/c1-12-8-20(9-13(2)24-12)16(22)10-25-17-19-18-11-21(17)14-4-6-15(23-3)7-5-14/h4-7,11-13H,8-10H2,1-3H3. The van der Waals surface area contributed by atoms with E-state index in [0.717, 1.165) is 11.4 Å². The highest BCUT2D eigenvalue weighted by atomic mass is 32.2. The second-order valence-electron chi connectivity index (χ2n) is 6.03. The average Bonchev–Trinajstić information content (AvgIpc) is 3.07. The summed E-state index contributed by atoms with van der Waals surface area (Å²) < 4.78 is 12.7. The van der Waals surface area contributed by atoms with Crippen LogP contribution in [0.4, 0.5) is 0 Å². The first-order valence-electron chi connectivity index (χ1n) is 8.17. The molecule has 1 saturated heterocycles. The number of amides is 1. The van der Waals surface area contributed by atoms with Gasteiger partial charge in [-0.3, -0.25) is 9.36 Å². The highest BCUT2D eigenvalue weighted by molar-refractivity contribution is 7.99. The van der Waals surface area contributed by atoms with Gasteiger partial charge in [0.25, 0.3) is 0 Å². The molecule has 2 heterocycles. The number of methoxy groups -OCH3 is 1. The highest BCUT2D eigenvalue weighted by Gasteiger charge is 2.26. The molecule has 2 atom stereocenters. The van der Waals surface area contributed by atoms with Gasteiger partial charge in [-0.2, -0.15) is 0 Å². The summed E-state index contributed by atoms with van der Waals surface area (Å²) in [6.45, 7) is 5.25. The van der Waals surface area contributed by atoms with Crippen LogP contribution in [0.5, 0.6) is 5.75 Å². The quantitative estimate of drug-likeness (QED) is 0.758. The van der Waals surface area contributed by atoms with E-state index >= 15 is 0 Å². The Balaban J connectivity index is 1.64. The molecule has 1 aromatic heterocycles. The maximum atomic E-state index is 12.5. The molecule has 25 heavy (non-hydrogen) atoms. The molecule has 134 valence electrons. The molecule has 1 aliphatic rings. The van der Waals surface area contributed by atoms with E-state index in [2.05, 4.69) is 10.2 Å². The first-order valence-corrected chi connectivity index (χ1v) is 9.16. The van der Waals surface area contributed by atoms with Crippen LogP contribution in [-0.4, -0.2) is 63.7 Å². The van der Waals surface area contributed by atoms with E-state index in [1.165, 1.54) is 11.8 Å². The van der Waals surface area contributed by atoms with Crippen molar-refractivity contribution >= 4 is 17.7 Å². The molecule has 3 rings (SSSR count). The average molecular weight is 362 g/mol. The van der Waals surface area contributed by atoms with Crippen LogP contribution in [0.25, 0.3) is 5.69 Å². The lowest BCUT2D eigenvalue weighted by atomic mass is 10.2. The Labute approximate surface area is 151 Å². The molecule has 0 bridgehead atoms. The van der Waals surface area contributed by atoms with Gasteiger partial charge in [0.1, 0.15) is 12.1 Å². The lowest BCUT2D eigenvalue weighted by Gasteiger charge is -2.35. The van der Waals surface area contributed by atoms with Gasteiger partial charge in [0, 0.05) is 18.8 Å². The number of thioether (sulfide) groups is 1. The third kappa shape index (κ3) is 4.32. The van der Waals surface area contributed by atoms with Crippen molar-refractivity contribution in [3.63, 3.8) is 0 Å². The van der Waals surface area contributed by atoms with E-state index in [-0.39, 0.29) is 18.1 Å². The van der Waals surface area contributed by atoms with Crippen LogP contribution < -0.4 is 4.74 Å². The van der Waals surface area contributed by atoms with Gasteiger partial charge in [0.05, 0.1) is 25.1 Å². The van der Waals surface area contributed by atoms with E-state index in [4.69, 9.17) is 9.47 Å². The van der Waals surface area contributed by atoms with Gasteiger partial charge < -0.3 is 14.4 Å². The largest absolute Gasteiger partial charge is 0.497 e. The summed E-state index contributed by atoms with van der Waals surface area (Å²) in [5.41, 5.74) is 0.925. The van der Waals surface area contributed by atoms with Crippen molar-refractivity contribution in [1.29, 1.82) is 0 Å². The van der Waals surface area contributed by atoms with Gasteiger partial charge in [-0.1, -0.05) is 11.8 Å². The second kappa shape index (κ2) is 7.88. The summed E-state index contributed by atoms with van der Waals surface area (Å²) >= 11 is 1.39. The normalized spacial score (nSPS) is 20.5. The summed E-state index contributed by atoms with van der Waals surface area (Å²) in [5, 5.41) is 8.79. The molecule has 1 fully saturated rings. The number of hydrogen-bond acceptors (Lipinski definition) is 6. The maximum Gasteiger partial charge on any atom is 0.233 e. The van der Waals surface area contributed by atoms with Crippen LogP contribution in [0.15, 0.2) is 35.7 Å². The van der Waals surface area contributed by atoms with Crippen LogP contribution in [0.1, 0.15) is 13.8 Å². The lowest BCUT2D eigenvalue weighted by Crippen LogP contribution is -2.48. The predicted octanol–water partition coefficient (Wildman–Crippen LogP) is 2.00. The fourth-order valence-electron chi connectivity index (χ4n) is 2.84. The molecule has 1 amide bonds. The SMILES string of the molecule is COc1ccc(-n2cnnc2SCC(=O)N2CC(C)OC(C)C2)cc1. The Morgan fingerprint density at radius 1 is 1.28 bits per heavy atom. The molecule has 0 saturated carbocycles. The molecule has 0 aliphatic carbocycles. The van der Waals surface area contributed by atoms with E-state index < -0.39 is 0 Å². The third-order valence-electron chi connectivity index (χ3n) is 3.96. The fourth-order valence-corrected chi connectivity index (χ4v) is 3.67. The van der Waals surface area contributed by atoms with Crippen LogP contribution in [-0.2, 0) is 9.53 Å². The van der Waals surface area contributed by atoms with Crippen molar-refractivity contribution in [1.82, 2.24) is 19.7 Å². The Morgan fingerprint density at radius 2 is 1.96 bits per heavy atom. The zero-order valence-electron chi connectivity index (χ0n) is 14.6. The molecule has 0 spiro atoms. The summed E-state index contributed by atoms with van der Waals surface area (Å²) in [6, 6.07) is 7.62. The first kappa shape index (κ1) is 17.8. The van der Waals surface area contributed by atoms with E-state index in [0.29, 0.717) is 24.0 Å². The van der Waals surface area contributed by atoms with Crippen molar-refractivity contribution in [2.75, 3.05) is 26.0 Å². The maximum absolute atomic E-state index is 12.5. The zero-order chi connectivity index (χ0) is 17.8. The molecule has 2 unspecified atom stereocenters. The summed E-state index contributed by atoms with van der Waals surface area (Å²) in [6.07, 6.45) is 1.79. The van der Waals surface area contributed by atoms with Gasteiger partial charge in [0.2, 0.25) is 5.91 Å². The van der Waals surface area contributed by atoms with E-state index in [1.807, 2.05) is 47.6 Å². The van der Waals surface area contributed by atoms with Crippen LogP contribution >= 0.6 is 11.8 Å². The molecule has 0 N–H and O–H groups in total. The molecule has 1 aromatic carbocycles. The van der Waals surface area contributed by atoms with Gasteiger partial charge in [0.15, 0.2) is 5.16 Å². The zero-order valence-corrected chi connectivity index (χ0v) is 15.4. The molecular weight excluding hydrogens is 340 g/mol. The topological polar surface area (TPSA) is 69.5 Å². The minimum Gasteiger partial charge on any atom is -0.497 e. The number of aromatic nitrogens is 3. The fraction of sp³-hybridized carbons (Fsp3) is 0.471. The monoisotopic (exact) mass is 362 g/mol. The lowest BCUT2D eigenvalue weighted by molar-refractivity contribution is -0.140. The molecule has 0 radical (unpaired) electrons. The molecule has 7 nitrogen and oxygen atoms in total. The Hall–Kier alpha value is -2.06. The van der Waals surface area contributed by atoms with Crippen molar-refractivity contribution in [3.8, 4) is 11.4 Å². The molecule has 2 aromatic rings. The van der Waals surface area contributed by atoms with Crippen molar-refractivity contribution in [2.24, 2.45) is 0 Å². The number of nitrogens with zero attached hydrogens (tertiary/aromatic N) is 4. The second-order valence-corrected chi connectivity index (χ2v) is 6.97. The Morgan fingerprint density at radius 3 is 2.60 bits per heavy atom.